The van der Waals surface area contributed by atoms with Crippen molar-refractivity contribution in [2.45, 2.75) is 45.1 Å². The lowest BCUT2D eigenvalue weighted by Gasteiger charge is -2.36. The number of anilines is 1. The van der Waals surface area contributed by atoms with Crippen LogP contribution in [0.5, 0.6) is 0 Å². The molecular weight excluding hydrogens is 440 g/mol. The van der Waals surface area contributed by atoms with Gasteiger partial charge in [-0.15, -0.1) is 0 Å². The Labute approximate surface area is 208 Å². The summed E-state index contributed by atoms with van der Waals surface area (Å²) in [5, 5.41) is 12.3. The fourth-order valence-corrected chi connectivity index (χ4v) is 5.31. The summed E-state index contributed by atoms with van der Waals surface area (Å²) < 4.78 is 5.06. The molecule has 2 heterocycles. The first kappa shape index (κ1) is 25.0. The third-order valence-electron chi connectivity index (χ3n) is 7.28. The predicted octanol–water partition coefficient (Wildman–Crippen LogP) is 4.69. The first-order chi connectivity index (χ1) is 17.1. The van der Waals surface area contributed by atoms with E-state index in [-0.39, 0.29) is 6.61 Å². The van der Waals surface area contributed by atoms with Crippen molar-refractivity contribution in [1.29, 1.82) is 0 Å². The number of nitrogens with zero attached hydrogens (tertiary/aromatic N) is 1. The van der Waals surface area contributed by atoms with Crippen LogP contribution in [0.4, 0.5) is 5.69 Å². The van der Waals surface area contributed by atoms with E-state index in [2.05, 4.69) is 58.7 Å². The van der Waals surface area contributed by atoms with Crippen molar-refractivity contribution in [1.82, 2.24) is 4.90 Å². The molecule has 2 N–H and O–H groups in total. The number of carboxylic acids is 1. The highest BCUT2D eigenvalue weighted by Crippen LogP contribution is 2.33. The van der Waals surface area contributed by atoms with Gasteiger partial charge in [-0.05, 0) is 86.2 Å². The molecule has 4 rings (SSSR count). The molecular formula is C29H36N2O4. The average Bonchev–Trinajstić information content (AvgIpc) is 3.09. The zero-order chi connectivity index (χ0) is 24.5. The van der Waals surface area contributed by atoms with E-state index in [0.717, 1.165) is 44.0 Å². The minimum absolute atomic E-state index is 0.276. The predicted molar refractivity (Wildman–Crippen MR) is 137 cm³/mol. The molecule has 0 radical (unpaired) electrons. The number of carbonyl (C=O) groups excluding carboxylic acids is 1. The number of aliphatic carboxylic acids is 1. The molecule has 6 nitrogen and oxygen atoms in total. The summed E-state index contributed by atoms with van der Waals surface area (Å²) in [7, 11) is 0. The number of piperidine rings is 1. The van der Waals surface area contributed by atoms with Crippen molar-refractivity contribution in [2.75, 3.05) is 31.6 Å². The average molecular weight is 477 g/mol. The Kier molecular flexibility index (Phi) is 8.96. The summed E-state index contributed by atoms with van der Waals surface area (Å²) in [5.74, 6) is -0.278. The van der Waals surface area contributed by atoms with Crippen molar-refractivity contribution < 1.29 is 19.4 Å². The van der Waals surface area contributed by atoms with E-state index >= 15 is 0 Å². The van der Waals surface area contributed by atoms with Crippen molar-refractivity contribution in [3.05, 3.63) is 77.4 Å². The summed E-state index contributed by atoms with van der Waals surface area (Å²) in [6.07, 6.45) is 8.17. The van der Waals surface area contributed by atoms with Crippen LogP contribution in [0.1, 0.15) is 42.4 Å². The van der Waals surface area contributed by atoms with Crippen molar-refractivity contribution in [3.8, 4) is 0 Å². The second-order valence-corrected chi connectivity index (χ2v) is 9.71. The molecule has 0 saturated carbocycles. The maximum absolute atomic E-state index is 11.5. The van der Waals surface area contributed by atoms with Crippen LogP contribution in [-0.2, 0) is 33.7 Å². The van der Waals surface area contributed by atoms with Gasteiger partial charge in [0, 0.05) is 30.9 Å². The molecule has 2 aromatic carbocycles. The van der Waals surface area contributed by atoms with E-state index in [9.17, 15) is 9.59 Å². The number of esters is 1. The zero-order valence-corrected chi connectivity index (χ0v) is 20.3. The van der Waals surface area contributed by atoms with Gasteiger partial charge >= 0.3 is 11.9 Å². The van der Waals surface area contributed by atoms with Gasteiger partial charge in [-0.1, -0.05) is 42.5 Å². The molecule has 186 valence electrons. The van der Waals surface area contributed by atoms with Crippen LogP contribution in [-0.4, -0.2) is 48.2 Å². The number of ether oxygens (including phenoxy) is 1. The summed E-state index contributed by atoms with van der Waals surface area (Å²) in [5.41, 5.74) is 5.26. The highest BCUT2D eigenvalue weighted by Gasteiger charge is 2.28. The number of likely N-dealkylation sites (tertiary alicyclic amines) is 1. The molecule has 1 saturated heterocycles. The van der Waals surface area contributed by atoms with Gasteiger partial charge in [0.1, 0.15) is 0 Å². The highest BCUT2D eigenvalue weighted by molar-refractivity contribution is 5.90. The molecule has 2 aromatic rings. The van der Waals surface area contributed by atoms with Gasteiger partial charge in [-0.3, -0.25) is 4.90 Å². The Balaban J connectivity index is 1.21. The number of carboxylic acid groups (broad SMARTS) is 1. The van der Waals surface area contributed by atoms with E-state index < -0.39 is 11.9 Å². The van der Waals surface area contributed by atoms with Crippen molar-refractivity contribution >= 4 is 17.6 Å². The summed E-state index contributed by atoms with van der Waals surface area (Å²) in [6.45, 7) is 4.74. The third-order valence-corrected chi connectivity index (χ3v) is 7.28. The number of hydrogen-bond acceptors (Lipinski definition) is 5. The Morgan fingerprint density at radius 1 is 1.00 bits per heavy atom. The van der Waals surface area contributed by atoms with Gasteiger partial charge in [0.05, 0.1) is 6.61 Å². The smallest absolute Gasteiger partial charge is 0.331 e. The molecule has 0 bridgehead atoms. The van der Waals surface area contributed by atoms with E-state index in [1.54, 1.807) is 0 Å². The van der Waals surface area contributed by atoms with E-state index in [4.69, 9.17) is 9.84 Å². The van der Waals surface area contributed by atoms with Crippen LogP contribution in [0.3, 0.4) is 0 Å². The van der Waals surface area contributed by atoms with Crippen LogP contribution in [0.2, 0.25) is 0 Å². The van der Waals surface area contributed by atoms with E-state index in [0.29, 0.717) is 12.3 Å². The fraction of sp³-hybridized carbons (Fsp3) is 0.448. The van der Waals surface area contributed by atoms with Crippen LogP contribution in [0.15, 0.2) is 60.7 Å². The molecule has 1 fully saturated rings. The van der Waals surface area contributed by atoms with Gasteiger partial charge < -0.3 is 15.2 Å². The molecule has 2 aliphatic heterocycles. The van der Waals surface area contributed by atoms with Gasteiger partial charge in [0.15, 0.2) is 0 Å². The number of fused-ring (bicyclic) bond motifs is 1. The topological polar surface area (TPSA) is 78.9 Å². The normalized spacial score (nSPS) is 19.0. The van der Waals surface area contributed by atoms with E-state index in [1.165, 1.54) is 54.7 Å². The van der Waals surface area contributed by atoms with Gasteiger partial charge in [-0.2, -0.15) is 0 Å². The maximum Gasteiger partial charge on any atom is 0.331 e. The number of carbonyl (C=O) groups is 2. The quantitative estimate of drug-likeness (QED) is 0.311. The van der Waals surface area contributed by atoms with Crippen molar-refractivity contribution in [3.63, 3.8) is 0 Å². The first-order valence-electron chi connectivity index (χ1n) is 12.8. The highest BCUT2D eigenvalue weighted by atomic mass is 16.5. The first-order valence-corrected chi connectivity index (χ1v) is 12.8. The lowest BCUT2D eigenvalue weighted by molar-refractivity contribution is -0.138. The SMILES string of the molecule is O=C(O)/C=C/C(=O)OCCCc1ccc2c(c1)NC[C@H](C1CCN(Cc3ccccc3)CC1)CC2. The Hall–Kier alpha value is -3.12. The molecule has 0 spiro atoms. The molecule has 1 atom stereocenters. The second-order valence-electron chi connectivity index (χ2n) is 9.71. The Bertz CT molecular complexity index is 1010. The molecule has 6 heteroatoms. The zero-order valence-electron chi connectivity index (χ0n) is 20.3. The molecule has 2 aliphatic rings. The maximum atomic E-state index is 11.5. The largest absolute Gasteiger partial charge is 0.478 e. The monoisotopic (exact) mass is 476 g/mol. The number of benzene rings is 2. The number of aryl methyl sites for hydroxylation is 2. The van der Waals surface area contributed by atoms with Gasteiger partial charge in [0.25, 0.3) is 0 Å². The fourth-order valence-electron chi connectivity index (χ4n) is 5.31. The van der Waals surface area contributed by atoms with E-state index in [1.807, 2.05) is 0 Å². The third kappa shape index (κ3) is 7.69. The van der Waals surface area contributed by atoms with Gasteiger partial charge in [0.2, 0.25) is 0 Å². The van der Waals surface area contributed by atoms with Crippen LogP contribution < -0.4 is 5.32 Å². The number of hydrogen-bond donors (Lipinski definition) is 2. The molecule has 0 unspecified atom stereocenters. The van der Waals surface area contributed by atoms with Gasteiger partial charge in [-0.25, -0.2) is 9.59 Å². The summed E-state index contributed by atoms with van der Waals surface area (Å²) in [4.78, 5) is 24.5. The van der Waals surface area contributed by atoms with Crippen molar-refractivity contribution in [2.24, 2.45) is 11.8 Å². The second kappa shape index (κ2) is 12.5. The Morgan fingerprint density at radius 3 is 2.57 bits per heavy atom. The minimum Gasteiger partial charge on any atom is -0.478 e. The standard InChI is InChI=1S/C29H36N2O4/c32-28(33)12-13-29(34)35-18-4-7-22-8-9-25-10-11-26(20-30-27(25)19-22)24-14-16-31(17-15-24)21-23-5-2-1-3-6-23/h1-3,5-6,8-9,12-13,19,24,26,30H,4,7,10-11,14-18,20-21H2,(H,32,33)/b13-12+/t26-/m1/s1. The number of rotatable bonds is 9. The molecule has 35 heavy (non-hydrogen) atoms. The molecule has 0 amide bonds. The van der Waals surface area contributed by atoms with Crippen LogP contribution >= 0.6 is 0 Å². The summed E-state index contributed by atoms with van der Waals surface area (Å²) >= 11 is 0. The Morgan fingerprint density at radius 2 is 1.80 bits per heavy atom. The lowest BCUT2D eigenvalue weighted by Crippen LogP contribution is -2.37. The number of nitrogens with one attached hydrogen (secondary N) is 1. The van der Waals surface area contributed by atoms with Crippen LogP contribution in [0.25, 0.3) is 0 Å². The lowest BCUT2D eigenvalue weighted by atomic mass is 9.81. The molecule has 0 aromatic heterocycles. The van der Waals surface area contributed by atoms with Crippen LogP contribution in [0, 0.1) is 11.8 Å². The summed E-state index contributed by atoms with van der Waals surface area (Å²) in [6, 6.07) is 17.4. The molecule has 0 aliphatic carbocycles. The minimum atomic E-state index is -1.16.